The van der Waals surface area contributed by atoms with Crippen LogP contribution < -0.4 is 0 Å². The molecule has 0 fully saturated rings. The van der Waals surface area contributed by atoms with Crippen LogP contribution in [0.5, 0.6) is 0 Å². The number of allylic oxidation sites excluding steroid dienone is 4. The largest absolute Gasteiger partial charge is 0.392 e. The van der Waals surface area contributed by atoms with Crippen molar-refractivity contribution in [3.05, 3.63) is 77.2 Å². The molecule has 2 heterocycles. The van der Waals surface area contributed by atoms with Gasteiger partial charge in [0.1, 0.15) is 5.54 Å². The van der Waals surface area contributed by atoms with Gasteiger partial charge in [0.05, 0.1) is 17.9 Å². The highest BCUT2D eigenvalue weighted by Crippen LogP contribution is 2.46. The molecule has 0 saturated heterocycles. The monoisotopic (exact) mass is 333 g/mol. The van der Waals surface area contributed by atoms with Crippen molar-refractivity contribution in [2.24, 2.45) is 0 Å². The van der Waals surface area contributed by atoms with Gasteiger partial charge >= 0.3 is 0 Å². The van der Waals surface area contributed by atoms with Crippen LogP contribution >= 0.6 is 0 Å². The van der Waals surface area contributed by atoms with E-state index in [0.29, 0.717) is 0 Å². The number of aliphatic hydroxyl groups is 1. The molecule has 1 aromatic carbocycles. The highest BCUT2D eigenvalue weighted by molar-refractivity contribution is 6.29. The molecule has 128 valence electrons. The minimum Gasteiger partial charge on any atom is -0.392 e. The number of aliphatic hydroxyl groups excluding tert-OH is 1. The average molecular weight is 333 g/mol. The molecule has 0 radical (unpaired) electrons. The van der Waals surface area contributed by atoms with Crippen molar-refractivity contribution in [2.45, 2.75) is 44.8 Å². The Bertz CT molecular complexity index is 826. The Hall–Kier alpha value is -2.39. The van der Waals surface area contributed by atoms with Gasteiger partial charge in [-0.15, -0.1) is 0 Å². The van der Waals surface area contributed by atoms with Gasteiger partial charge < -0.3 is 10.0 Å². The van der Waals surface area contributed by atoms with Crippen LogP contribution in [0.3, 0.4) is 0 Å². The summed E-state index contributed by atoms with van der Waals surface area (Å²) in [4.78, 5) is 15.5. The van der Waals surface area contributed by atoms with E-state index in [1.54, 1.807) is 0 Å². The number of rotatable bonds is 3. The lowest BCUT2D eigenvalue weighted by molar-refractivity contribution is -0.118. The Morgan fingerprint density at radius 1 is 1.16 bits per heavy atom. The minimum absolute atomic E-state index is 0.0145. The Morgan fingerprint density at radius 3 is 2.64 bits per heavy atom. The van der Waals surface area contributed by atoms with Gasteiger partial charge in [0.2, 0.25) is 0 Å². The van der Waals surface area contributed by atoms with Crippen LogP contribution in [-0.4, -0.2) is 21.3 Å². The van der Waals surface area contributed by atoms with E-state index in [4.69, 9.17) is 0 Å². The normalized spacial score (nSPS) is 25.4. The van der Waals surface area contributed by atoms with Crippen molar-refractivity contribution in [2.75, 3.05) is 0 Å². The molecule has 4 rings (SSSR count). The van der Waals surface area contributed by atoms with E-state index in [1.165, 1.54) is 18.4 Å². The van der Waals surface area contributed by atoms with E-state index >= 15 is 0 Å². The van der Waals surface area contributed by atoms with Gasteiger partial charge in [-0.05, 0) is 55.4 Å². The fourth-order valence-electron chi connectivity index (χ4n) is 4.00. The molecule has 1 aliphatic carbocycles. The average Bonchev–Trinajstić information content (AvgIpc) is 2.90. The van der Waals surface area contributed by atoms with Crippen LogP contribution in [0.1, 0.15) is 43.7 Å². The number of ketones is 1. The molecule has 1 N–H and O–H groups in total. The molecule has 3 heteroatoms. The number of carbonyl (C=O) groups is 1. The molecule has 1 aromatic rings. The summed E-state index contributed by atoms with van der Waals surface area (Å²) in [5.74, 6) is 0.145. The number of Topliss-reactive ketones (excluding diaryl/α,β-unsaturated/α-hetero) is 1. The number of hydrogen-bond donors (Lipinski definition) is 1. The maximum atomic E-state index is 13.4. The third kappa shape index (κ3) is 2.50. The Kier molecular flexibility index (Phi) is 3.97. The van der Waals surface area contributed by atoms with Crippen LogP contribution in [-0.2, 0) is 11.4 Å². The van der Waals surface area contributed by atoms with Crippen molar-refractivity contribution in [3.63, 3.8) is 0 Å². The number of benzene rings is 1. The second-order valence-electron chi connectivity index (χ2n) is 7.10. The van der Waals surface area contributed by atoms with Crippen LogP contribution in [0.25, 0.3) is 5.57 Å². The van der Waals surface area contributed by atoms with E-state index in [1.807, 2.05) is 55.6 Å². The van der Waals surface area contributed by atoms with Crippen molar-refractivity contribution in [1.29, 1.82) is 0 Å². The molecular weight excluding hydrogens is 310 g/mol. The summed E-state index contributed by atoms with van der Waals surface area (Å²) in [7, 11) is 0. The third-order valence-electron chi connectivity index (χ3n) is 5.45. The standard InChI is InChI=1S/C22H23NO2/c1-22-13-5-6-14-23(22)20(18-7-3-2-4-8-18)19(21(22)25)17-11-9-16(15-24)10-12-17/h5-7,9-14,24H,2-4,8,15H2,1H3. The summed E-state index contributed by atoms with van der Waals surface area (Å²) in [5.41, 5.74) is 4.29. The van der Waals surface area contributed by atoms with E-state index < -0.39 is 5.54 Å². The van der Waals surface area contributed by atoms with Gasteiger partial charge in [0, 0.05) is 6.20 Å². The Labute approximate surface area is 148 Å². The smallest absolute Gasteiger partial charge is 0.195 e. The van der Waals surface area contributed by atoms with E-state index in [0.717, 1.165) is 35.2 Å². The van der Waals surface area contributed by atoms with Gasteiger partial charge in [-0.2, -0.15) is 0 Å². The summed E-state index contributed by atoms with van der Waals surface area (Å²) < 4.78 is 0. The van der Waals surface area contributed by atoms with Crippen molar-refractivity contribution in [3.8, 4) is 0 Å². The molecule has 2 aliphatic heterocycles. The predicted molar refractivity (Wildman–Crippen MR) is 99.4 cm³/mol. The van der Waals surface area contributed by atoms with Crippen molar-refractivity contribution < 1.29 is 9.90 Å². The quantitative estimate of drug-likeness (QED) is 0.905. The molecule has 0 aromatic heterocycles. The molecule has 25 heavy (non-hydrogen) atoms. The zero-order valence-electron chi connectivity index (χ0n) is 14.5. The van der Waals surface area contributed by atoms with Crippen LogP contribution in [0.4, 0.5) is 0 Å². The predicted octanol–water partition coefficient (Wildman–Crippen LogP) is 4.12. The lowest BCUT2D eigenvalue weighted by atomic mass is 9.88. The van der Waals surface area contributed by atoms with Crippen LogP contribution in [0.2, 0.25) is 0 Å². The van der Waals surface area contributed by atoms with Crippen molar-refractivity contribution in [1.82, 2.24) is 4.90 Å². The zero-order valence-corrected chi connectivity index (χ0v) is 14.5. The second kappa shape index (κ2) is 6.16. The first-order valence-corrected chi connectivity index (χ1v) is 8.99. The maximum absolute atomic E-state index is 13.4. The third-order valence-corrected chi connectivity index (χ3v) is 5.45. The molecule has 3 aliphatic rings. The summed E-state index contributed by atoms with van der Waals surface area (Å²) in [6.45, 7) is 2.01. The Balaban J connectivity index is 1.90. The number of fused-ring (bicyclic) bond motifs is 1. The number of hydrogen-bond acceptors (Lipinski definition) is 3. The fourth-order valence-corrected chi connectivity index (χ4v) is 4.00. The van der Waals surface area contributed by atoms with Crippen molar-refractivity contribution >= 4 is 11.4 Å². The lowest BCUT2D eigenvalue weighted by Crippen LogP contribution is -2.43. The zero-order chi connectivity index (χ0) is 17.4. The van der Waals surface area contributed by atoms with Gasteiger partial charge in [-0.25, -0.2) is 0 Å². The van der Waals surface area contributed by atoms with E-state index in [9.17, 15) is 9.90 Å². The first-order chi connectivity index (χ1) is 12.1. The topological polar surface area (TPSA) is 40.5 Å². The van der Waals surface area contributed by atoms with E-state index in [2.05, 4.69) is 11.0 Å². The lowest BCUT2D eigenvalue weighted by Gasteiger charge is -2.35. The highest BCUT2D eigenvalue weighted by atomic mass is 16.3. The highest BCUT2D eigenvalue weighted by Gasteiger charge is 2.48. The summed E-state index contributed by atoms with van der Waals surface area (Å²) in [6, 6.07) is 7.70. The first kappa shape index (κ1) is 16.1. The fraction of sp³-hybridized carbons (Fsp3) is 0.318. The summed E-state index contributed by atoms with van der Waals surface area (Å²) >= 11 is 0. The van der Waals surface area contributed by atoms with E-state index in [-0.39, 0.29) is 12.4 Å². The Morgan fingerprint density at radius 2 is 1.96 bits per heavy atom. The maximum Gasteiger partial charge on any atom is 0.195 e. The second-order valence-corrected chi connectivity index (χ2v) is 7.10. The summed E-state index contributed by atoms with van der Waals surface area (Å²) in [5, 5.41) is 9.30. The van der Waals surface area contributed by atoms with Gasteiger partial charge in [0.15, 0.2) is 5.78 Å². The molecule has 1 unspecified atom stereocenters. The van der Waals surface area contributed by atoms with Gasteiger partial charge in [-0.3, -0.25) is 4.79 Å². The molecular formula is C22H23NO2. The molecule has 0 spiro atoms. The first-order valence-electron chi connectivity index (χ1n) is 8.99. The molecule has 0 amide bonds. The summed E-state index contributed by atoms with van der Waals surface area (Å²) in [6.07, 6.45) is 14.8. The molecule has 0 saturated carbocycles. The van der Waals surface area contributed by atoms with Gasteiger partial charge in [-0.1, -0.05) is 42.5 Å². The molecule has 1 atom stereocenters. The SMILES string of the molecule is CC12C=CC=CN1C(C1=CCCCC1)=C(c1ccc(CO)cc1)C2=O. The number of carbonyl (C=O) groups excluding carboxylic acids is 1. The van der Waals surface area contributed by atoms with Gasteiger partial charge in [0.25, 0.3) is 0 Å². The molecule has 3 nitrogen and oxygen atoms in total. The van der Waals surface area contributed by atoms with Crippen LogP contribution in [0.15, 0.2) is 66.0 Å². The van der Waals surface area contributed by atoms with Crippen LogP contribution in [0, 0.1) is 0 Å². The molecule has 0 bridgehead atoms. The minimum atomic E-state index is -0.645. The number of nitrogens with zero attached hydrogens (tertiary/aromatic N) is 1.